The molecule has 0 atom stereocenters. The number of hydrogen-bond donors (Lipinski definition) is 1. The summed E-state index contributed by atoms with van der Waals surface area (Å²) >= 11 is 2.79. The lowest BCUT2D eigenvalue weighted by atomic mass is 10.2. The third kappa shape index (κ3) is 3.63. The zero-order chi connectivity index (χ0) is 15.4. The van der Waals surface area contributed by atoms with Crippen LogP contribution in [0.4, 0.5) is 9.52 Å². The van der Waals surface area contributed by atoms with Gasteiger partial charge in [-0.2, -0.15) is 0 Å². The lowest BCUT2D eigenvalue weighted by Crippen LogP contribution is -2.07. The lowest BCUT2D eigenvalue weighted by Gasteiger charge is -1.96. The van der Waals surface area contributed by atoms with Crippen molar-refractivity contribution >= 4 is 39.8 Å². The zero-order valence-electron chi connectivity index (χ0n) is 11.2. The summed E-state index contributed by atoms with van der Waals surface area (Å²) in [5.41, 5.74) is 2.50. The molecule has 0 aliphatic heterocycles. The zero-order valence-corrected chi connectivity index (χ0v) is 12.8. The molecule has 22 heavy (non-hydrogen) atoms. The molecule has 110 valence electrons. The van der Waals surface area contributed by atoms with Gasteiger partial charge in [0.2, 0.25) is 11.0 Å². The summed E-state index contributed by atoms with van der Waals surface area (Å²) in [6.07, 6.45) is 3.18. The van der Waals surface area contributed by atoms with Crippen molar-refractivity contribution < 1.29 is 9.18 Å². The highest BCUT2D eigenvalue weighted by Gasteiger charge is 2.03. The first-order valence-corrected chi connectivity index (χ1v) is 8.01. The average Bonchev–Trinajstić information content (AvgIpc) is 3.17. The van der Waals surface area contributed by atoms with Gasteiger partial charge in [0.05, 0.1) is 0 Å². The minimum absolute atomic E-state index is 0.256. The summed E-state index contributed by atoms with van der Waals surface area (Å²) in [6.45, 7) is 0. The SMILES string of the molecule is O=C(/C=C/c1ccc(-c2ccc(F)cc2)s1)Nc1nncs1. The molecule has 0 aliphatic carbocycles. The standard InChI is InChI=1S/C15H10FN3OS2/c16-11-3-1-10(2-4-11)13-7-5-12(22-13)6-8-14(20)18-15-19-17-9-21-15/h1-9H,(H,18,19,20)/b8-6+. The number of hydrogen-bond acceptors (Lipinski definition) is 5. The molecule has 1 N–H and O–H groups in total. The largest absolute Gasteiger partial charge is 0.297 e. The van der Waals surface area contributed by atoms with Gasteiger partial charge in [0.15, 0.2) is 0 Å². The minimum atomic E-state index is -0.256. The van der Waals surface area contributed by atoms with E-state index in [2.05, 4.69) is 15.5 Å². The number of nitrogens with one attached hydrogen (secondary N) is 1. The van der Waals surface area contributed by atoms with Crippen molar-refractivity contribution in [2.75, 3.05) is 5.32 Å². The van der Waals surface area contributed by atoms with Crippen LogP contribution in [0, 0.1) is 5.82 Å². The Bertz CT molecular complexity index is 795. The number of nitrogens with zero attached hydrogens (tertiary/aromatic N) is 2. The molecule has 0 bridgehead atoms. The molecule has 3 aromatic rings. The van der Waals surface area contributed by atoms with Crippen LogP contribution in [-0.4, -0.2) is 16.1 Å². The topological polar surface area (TPSA) is 54.9 Å². The summed E-state index contributed by atoms with van der Waals surface area (Å²) in [5.74, 6) is -0.512. The van der Waals surface area contributed by atoms with Crippen LogP contribution in [0.1, 0.15) is 4.88 Å². The molecule has 0 fully saturated rings. The van der Waals surface area contributed by atoms with Gasteiger partial charge in [0.25, 0.3) is 0 Å². The van der Waals surface area contributed by atoms with Gasteiger partial charge < -0.3 is 0 Å². The van der Waals surface area contributed by atoms with E-state index in [9.17, 15) is 9.18 Å². The van der Waals surface area contributed by atoms with Gasteiger partial charge in [-0.05, 0) is 35.9 Å². The second-order valence-electron chi connectivity index (χ2n) is 4.28. The van der Waals surface area contributed by atoms with E-state index >= 15 is 0 Å². The first kappa shape index (κ1) is 14.6. The molecule has 2 aromatic heterocycles. The van der Waals surface area contributed by atoms with Crippen LogP contribution < -0.4 is 5.32 Å². The van der Waals surface area contributed by atoms with E-state index in [1.165, 1.54) is 40.9 Å². The first-order valence-electron chi connectivity index (χ1n) is 6.32. The summed E-state index contributed by atoms with van der Waals surface area (Å²) in [5, 5.41) is 10.5. The minimum Gasteiger partial charge on any atom is -0.297 e. The fourth-order valence-electron chi connectivity index (χ4n) is 1.74. The maximum atomic E-state index is 12.9. The maximum absolute atomic E-state index is 12.9. The number of anilines is 1. The Kier molecular flexibility index (Phi) is 4.36. The molecule has 7 heteroatoms. The molecule has 1 aromatic carbocycles. The number of benzene rings is 1. The van der Waals surface area contributed by atoms with Gasteiger partial charge in [0, 0.05) is 15.8 Å². The second kappa shape index (κ2) is 6.59. The molecule has 0 spiro atoms. The molecule has 3 rings (SSSR count). The van der Waals surface area contributed by atoms with E-state index in [4.69, 9.17) is 0 Å². The fourth-order valence-corrected chi connectivity index (χ4v) is 3.11. The third-order valence-electron chi connectivity index (χ3n) is 2.74. The Labute approximate surface area is 134 Å². The van der Waals surface area contributed by atoms with Crippen molar-refractivity contribution in [3.05, 3.63) is 58.7 Å². The van der Waals surface area contributed by atoms with Crippen LogP contribution >= 0.6 is 22.7 Å². The molecule has 4 nitrogen and oxygen atoms in total. The monoisotopic (exact) mass is 331 g/mol. The Morgan fingerprint density at radius 1 is 1.18 bits per heavy atom. The van der Waals surface area contributed by atoms with E-state index in [-0.39, 0.29) is 11.7 Å². The van der Waals surface area contributed by atoms with Crippen LogP contribution in [0.3, 0.4) is 0 Å². The second-order valence-corrected chi connectivity index (χ2v) is 6.22. The Morgan fingerprint density at radius 3 is 2.73 bits per heavy atom. The number of aromatic nitrogens is 2. The smallest absolute Gasteiger partial charge is 0.250 e. The molecule has 0 unspecified atom stereocenters. The Hall–Kier alpha value is -2.38. The third-order valence-corrected chi connectivity index (χ3v) is 4.45. The number of carbonyl (C=O) groups is 1. The van der Waals surface area contributed by atoms with Crippen molar-refractivity contribution in [3.63, 3.8) is 0 Å². The van der Waals surface area contributed by atoms with E-state index in [1.807, 2.05) is 12.1 Å². The van der Waals surface area contributed by atoms with E-state index in [0.717, 1.165) is 15.3 Å². The van der Waals surface area contributed by atoms with Gasteiger partial charge in [-0.25, -0.2) is 4.39 Å². The molecular weight excluding hydrogens is 321 g/mol. The van der Waals surface area contributed by atoms with Crippen LogP contribution in [-0.2, 0) is 4.79 Å². The first-order chi connectivity index (χ1) is 10.7. The van der Waals surface area contributed by atoms with Crippen LogP contribution in [0.25, 0.3) is 16.5 Å². The van der Waals surface area contributed by atoms with Gasteiger partial charge in [-0.3, -0.25) is 10.1 Å². The number of thiophene rings is 1. The number of rotatable bonds is 4. The lowest BCUT2D eigenvalue weighted by molar-refractivity contribution is -0.111. The van der Waals surface area contributed by atoms with E-state index < -0.39 is 0 Å². The average molecular weight is 331 g/mol. The van der Waals surface area contributed by atoms with Crippen LogP contribution in [0.15, 0.2) is 48.0 Å². The molecule has 0 radical (unpaired) electrons. The quantitative estimate of drug-likeness (QED) is 0.734. The van der Waals surface area contributed by atoms with Crippen molar-refractivity contribution in [1.29, 1.82) is 0 Å². The molecule has 0 saturated carbocycles. The van der Waals surface area contributed by atoms with Gasteiger partial charge in [-0.15, -0.1) is 21.5 Å². The normalized spacial score (nSPS) is 11.0. The molecule has 1 amide bonds. The maximum Gasteiger partial charge on any atom is 0.250 e. The van der Waals surface area contributed by atoms with Crippen molar-refractivity contribution in [2.24, 2.45) is 0 Å². The van der Waals surface area contributed by atoms with Crippen molar-refractivity contribution in [3.8, 4) is 10.4 Å². The summed E-state index contributed by atoms with van der Waals surface area (Å²) < 4.78 is 12.9. The summed E-state index contributed by atoms with van der Waals surface area (Å²) in [7, 11) is 0. The summed E-state index contributed by atoms with van der Waals surface area (Å²) in [4.78, 5) is 13.7. The molecule has 0 aliphatic rings. The highest BCUT2D eigenvalue weighted by Crippen LogP contribution is 2.28. The van der Waals surface area contributed by atoms with Crippen LogP contribution in [0.5, 0.6) is 0 Å². The van der Waals surface area contributed by atoms with Gasteiger partial charge >= 0.3 is 0 Å². The van der Waals surface area contributed by atoms with E-state index in [0.29, 0.717) is 5.13 Å². The van der Waals surface area contributed by atoms with Crippen molar-refractivity contribution in [1.82, 2.24) is 10.2 Å². The Morgan fingerprint density at radius 2 is 2.00 bits per heavy atom. The van der Waals surface area contributed by atoms with Crippen molar-refractivity contribution in [2.45, 2.75) is 0 Å². The number of carbonyl (C=O) groups excluding carboxylic acids is 1. The predicted molar refractivity (Wildman–Crippen MR) is 87.3 cm³/mol. The fraction of sp³-hybridized carbons (Fsp3) is 0. The molecular formula is C15H10FN3OS2. The van der Waals surface area contributed by atoms with Gasteiger partial charge in [-0.1, -0.05) is 23.5 Å². The van der Waals surface area contributed by atoms with Gasteiger partial charge in [0.1, 0.15) is 11.3 Å². The van der Waals surface area contributed by atoms with Crippen LogP contribution in [0.2, 0.25) is 0 Å². The molecule has 0 saturated heterocycles. The highest BCUT2D eigenvalue weighted by molar-refractivity contribution is 7.16. The summed E-state index contributed by atoms with van der Waals surface area (Å²) in [6, 6.07) is 10.2. The molecule has 2 heterocycles. The number of amides is 1. The Balaban J connectivity index is 1.67. The highest BCUT2D eigenvalue weighted by atomic mass is 32.1. The predicted octanol–water partition coefficient (Wildman–Crippen LogP) is 4.06. The number of halogens is 1. The van der Waals surface area contributed by atoms with E-state index in [1.54, 1.807) is 23.7 Å².